The van der Waals surface area contributed by atoms with Gasteiger partial charge in [-0.3, -0.25) is 14.2 Å². The first kappa shape index (κ1) is 51.1. The first-order valence-corrected chi connectivity index (χ1v) is 30.8. The summed E-state index contributed by atoms with van der Waals surface area (Å²) in [6.07, 6.45) is 11.9. The lowest BCUT2D eigenvalue weighted by atomic mass is 9.92. The monoisotopic (exact) mass is 1020 g/mol. The lowest BCUT2D eigenvalue weighted by Crippen LogP contribution is -2.39. The SMILES string of the molecule is CS(=O)(=O)NC1CCC(Nc2ncc3cc(-c4ccccc4Cl)c(=O)[nH]c3n2)CC1.C[Si](C)(C)CCOCn1c(=O)c(-c2ccccc2Cl)cc2cnc(NC3CCC(NS(C)(=O)=O)CC3)nc21. The van der Waals surface area contributed by atoms with E-state index in [1.165, 1.54) is 12.5 Å². The van der Waals surface area contributed by atoms with E-state index in [2.05, 4.69) is 59.7 Å². The third kappa shape index (κ3) is 14.1. The maximum Gasteiger partial charge on any atom is 0.262 e. The average Bonchev–Trinajstić information content (AvgIpc) is 3.26. The summed E-state index contributed by atoms with van der Waals surface area (Å²) >= 11 is 12.7. The van der Waals surface area contributed by atoms with Gasteiger partial charge in [0.25, 0.3) is 11.1 Å². The molecule has 17 nitrogen and oxygen atoms in total. The quantitative estimate of drug-likeness (QED) is 0.0493. The number of ether oxygens (including phenoxy) is 1. The predicted molar refractivity (Wildman–Crippen MR) is 274 cm³/mol. The van der Waals surface area contributed by atoms with E-state index >= 15 is 0 Å². The van der Waals surface area contributed by atoms with Crippen LogP contribution < -0.4 is 31.2 Å². The van der Waals surface area contributed by atoms with E-state index < -0.39 is 28.1 Å². The van der Waals surface area contributed by atoms with Gasteiger partial charge in [0.1, 0.15) is 18.0 Å². The Balaban J connectivity index is 0.000000207. The highest BCUT2D eigenvalue weighted by Gasteiger charge is 2.26. The average molecular weight is 1030 g/mol. The Morgan fingerprint density at radius 1 is 0.676 bits per heavy atom. The normalized spacial score (nSPS) is 19.0. The maximum atomic E-state index is 13.7. The van der Waals surface area contributed by atoms with Crippen molar-refractivity contribution in [1.82, 2.24) is 38.9 Å². The molecule has 68 heavy (non-hydrogen) atoms. The Labute approximate surface area is 407 Å². The number of benzene rings is 2. The number of nitrogens with zero attached hydrogens (tertiary/aromatic N) is 5. The first-order chi connectivity index (χ1) is 32.2. The largest absolute Gasteiger partial charge is 0.361 e. The summed E-state index contributed by atoms with van der Waals surface area (Å²) in [7, 11) is -7.70. The minimum atomic E-state index is -3.22. The molecule has 0 atom stereocenters. The summed E-state index contributed by atoms with van der Waals surface area (Å²) in [6.45, 7) is 7.50. The van der Waals surface area contributed by atoms with Crippen LogP contribution >= 0.6 is 23.2 Å². The van der Waals surface area contributed by atoms with Gasteiger partial charge in [0, 0.05) is 94.3 Å². The summed E-state index contributed by atoms with van der Waals surface area (Å²) in [5.41, 5.74) is 2.68. The van der Waals surface area contributed by atoms with Crippen LogP contribution in [0.15, 0.2) is 82.6 Å². The highest BCUT2D eigenvalue weighted by molar-refractivity contribution is 7.89. The van der Waals surface area contributed by atoms with Crippen molar-refractivity contribution in [3.63, 3.8) is 0 Å². The number of aromatic amines is 1. The second kappa shape index (κ2) is 21.9. The molecule has 5 N–H and O–H groups in total. The van der Waals surface area contributed by atoms with Gasteiger partial charge < -0.3 is 20.4 Å². The molecule has 0 unspecified atom stereocenters. The molecule has 2 aliphatic rings. The number of aromatic nitrogens is 6. The van der Waals surface area contributed by atoms with Crippen molar-refractivity contribution in [3.8, 4) is 22.3 Å². The molecule has 2 aromatic carbocycles. The van der Waals surface area contributed by atoms with E-state index in [1.54, 1.807) is 47.3 Å². The molecule has 0 radical (unpaired) electrons. The molecule has 2 aliphatic carbocycles. The van der Waals surface area contributed by atoms with Crippen molar-refractivity contribution >= 4 is 85.3 Å². The Morgan fingerprint density at radius 2 is 1.15 bits per heavy atom. The molecule has 0 spiro atoms. The van der Waals surface area contributed by atoms with Crippen molar-refractivity contribution in [3.05, 3.63) is 104 Å². The lowest BCUT2D eigenvalue weighted by Gasteiger charge is -2.29. The van der Waals surface area contributed by atoms with Crippen molar-refractivity contribution in [2.24, 2.45) is 0 Å². The zero-order valence-electron chi connectivity index (χ0n) is 38.7. The molecule has 0 aliphatic heterocycles. The summed E-state index contributed by atoms with van der Waals surface area (Å²) in [4.78, 5) is 47.1. The Kier molecular flexibility index (Phi) is 16.4. The van der Waals surface area contributed by atoms with Crippen molar-refractivity contribution in [2.45, 2.75) is 108 Å². The molecule has 0 saturated heterocycles. The second-order valence-corrected chi connectivity index (χ2v) is 28.7. The fourth-order valence-corrected chi connectivity index (χ4v) is 11.3. The fraction of sp³-hybridized carbons (Fsp3) is 0.435. The summed E-state index contributed by atoms with van der Waals surface area (Å²) in [6, 6.07) is 19.1. The Bertz CT molecular complexity index is 3100. The molecule has 4 heterocycles. The van der Waals surface area contributed by atoms with Gasteiger partial charge in [0.05, 0.1) is 12.5 Å². The van der Waals surface area contributed by atoms with Crippen LogP contribution in [0.4, 0.5) is 11.9 Å². The molecule has 2 saturated carbocycles. The number of fused-ring (bicyclic) bond motifs is 2. The van der Waals surface area contributed by atoms with Crippen LogP contribution in [0.1, 0.15) is 51.4 Å². The standard InChI is InChI=1S/C26H36ClN5O4SSi.C20H22ClN5O3S/c1-37(34,35)31-20-11-9-19(10-12-20)29-26-28-16-18-15-22(21-7-5-6-8-23(21)27)25(33)32(24(18)30-26)17-36-13-14-38(2,3)4;1-30(28,29)26-14-8-6-13(7-9-14)23-20-22-11-12-10-16(19(27)24-18(12)25-20)15-4-2-3-5-17(15)21/h5-8,15-16,19-20,31H,9-14,17H2,1-4H3,(H,28,29,30);2-5,10-11,13-14,26H,6-9H2,1H3,(H2,22,23,24,25,27). The zero-order chi connectivity index (χ0) is 48.8. The van der Waals surface area contributed by atoms with Crippen molar-refractivity contribution in [2.75, 3.05) is 29.8 Å². The molecule has 0 bridgehead atoms. The van der Waals surface area contributed by atoms with E-state index in [1.807, 2.05) is 30.3 Å². The number of hydrogen-bond donors (Lipinski definition) is 5. The Morgan fingerprint density at radius 3 is 1.66 bits per heavy atom. The number of rotatable bonds is 15. The second-order valence-electron chi connectivity index (χ2n) is 18.7. The maximum absolute atomic E-state index is 13.7. The number of halogens is 2. The van der Waals surface area contributed by atoms with Crippen molar-refractivity contribution in [1.29, 1.82) is 0 Å². The third-order valence-electron chi connectivity index (χ3n) is 11.8. The van der Waals surface area contributed by atoms with Gasteiger partial charge in [-0.2, -0.15) is 9.97 Å². The van der Waals surface area contributed by atoms with E-state index in [0.29, 0.717) is 72.9 Å². The molecular formula is C46H58Cl2N10O7S2Si. The number of anilines is 2. The van der Waals surface area contributed by atoms with Crippen LogP contribution in [0.25, 0.3) is 44.3 Å². The van der Waals surface area contributed by atoms with Crippen LogP contribution in [0, 0.1) is 0 Å². The molecule has 22 heteroatoms. The zero-order valence-corrected chi connectivity index (χ0v) is 42.8. The van der Waals surface area contributed by atoms with Gasteiger partial charge in [-0.25, -0.2) is 36.2 Å². The minimum absolute atomic E-state index is 0.0323. The van der Waals surface area contributed by atoms with Gasteiger partial charge in [0.2, 0.25) is 31.9 Å². The van der Waals surface area contributed by atoms with E-state index in [9.17, 15) is 26.4 Å². The van der Waals surface area contributed by atoms with Crippen molar-refractivity contribution < 1.29 is 21.6 Å². The topological polar surface area (TPSA) is 232 Å². The minimum Gasteiger partial charge on any atom is -0.361 e. The fourth-order valence-electron chi connectivity index (χ4n) is 8.38. The van der Waals surface area contributed by atoms with Crippen LogP contribution in [-0.4, -0.2) is 97.7 Å². The van der Waals surface area contributed by atoms with Crippen LogP contribution in [0.5, 0.6) is 0 Å². The predicted octanol–water partition coefficient (Wildman–Crippen LogP) is 7.61. The van der Waals surface area contributed by atoms with E-state index in [0.717, 1.165) is 57.4 Å². The van der Waals surface area contributed by atoms with E-state index in [4.69, 9.17) is 32.9 Å². The molecule has 364 valence electrons. The summed E-state index contributed by atoms with van der Waals surface area (Å²) < 4.78 is 58.7. The highest BCUT2D eigenvalue weighted by Crippen LogP contribution is 2.30. The first-order valence-electron chi connectivity index (χ1n) is 22.5. The molecule has 8 rings (SSSR count). The number of sulfonamides is 2. The van der Waals surface area contributed by atoms with Gasteiger partial charge in [-0.05, 0) is 81.7 Å². The van der Waals surface area contributed by atoms with Gasteiger partial charge >= 0.3 is 0 Å². The molecule has 6 aromatic rings. The van der Waals surface area contributed by atoms with Crippen LogP contribution in [-0.2, 0) is 31.5 Å². The number of pyridine rings is 2. The Hall–Kier alpha value is -4.80. The van der Waals surface area contributed by atoms with Gasteiger partial charge in [-0.1, -0.05) is 79.2 Å². The van der Waals surface area contributed by atoms with Crippen LogP contribution in [0.3, 0.4) is 0 Å². The molecule has 0 amide bonds. The van der Waals surface area contributed by atoms with Crippen LogP contribution in [0.2, 0.25) is 35.7 Å². The molecule has 4 aromatic heterocycles. The number of nitrogens with one attached hydrogen (secondary N) is 5. The highest BCUT2D eigenvalue weighted by atomic mass is 35.5. The number of hydrogen-bond acceptors (Lipinski definition) is 13. The van der Waals surface area contributed by atoms with Gasteiger partial charge in [0.15, 0.2) is 0 Å². The summed E-state index contributed by atoms with van der Waals surface area (Å²) in [5, 5.41) is 9.07. The number of H-pyrrole nitrogens is 1. The smallest absolute Gasteiger partial charge is 0.262 e. The third-order valence-corrected chi connectivity index (χ3v) is 15.7. The molecular weight excluding hydrogens is 968 g/mol. The van der Waals surface area contributed by atoms with Gasteiger partial charge in [-0.15, -0.1) is 0 Å². The summed E-state index contributed by atoms with van der Waals surface area (Å²) in [5.74, 6) is 0.862. The lowest BCUT2D eigenvalue weighted by molar-refractivity contribution is 0.0876. The van der Waals surface area contributed by atoms with E-state index in [-0.39, 0.29) is 42.0 Å². The molecule has 2 fully saturated rings.